The van der Waals surface area contributed by atoms with Crippen molar-refractivity contribution in [2.24, 2.45) is 0 Å². The van der Waals surface area contributed by atoms with Gasteiger partial charge < -0.3 is 10.5 Å². The highest BCUT2D eigenvalue weighted by Crippen LogP contribution is 2.30. The third-order valence-electron chi connectivity index (χ3n) is 1.97. The van der Waals surface area contributed by atoms with E-state index in [2.05, 4.69) is 9.72 Å². The number of carbonyl (C=O) groups excluding carboxylic acids is 1. The van der Waals surface area contributed by atoms with Crippen LogP contribution in [0.5, 0.6) is 0 Å². The minimum atomic E-state index is -2.76. The second-order valence-corrected chi connectivity index (χ2v) is 4.10. The Morgan fingerprint density at radius 1 is 1.69 bits per heavy atom. The summed E-state index contributed by atoms with van der Waals surface area (Å²) in [6.07, 6.45) is -1.65. The third kappa shape index (κ3) is 2.77. The Bertz CT molecular complexity index is 413. The molecule has 0 fully saturated rings. The normalized spacial score (nSPS) is 10.6. The number of rotatable bonds is 3. The lowest BCUT2D eigenvalue weighted by atomic mass is 10.1. The molecule has 0 amide bonds. The van der Waals surface area contributed by atoms with Crippen LogP contribution in [-0.4, -0.2) is 18.1 Å². The van der Waals surface area contributed by atoms with E-state index in [1.807, 2.05) is 22.6 Å². The van der Waals surface area contributed by atoms with Crippen LogP contribution in [0.1, 0.15) is 17.6 Å². The van der Waals surface area contributed by atoms with Crippen LogP contribution in [0.25, 0.3) is 0 Å². The summed E-state index contributed by atoms with van der Waals surface area (Å²) < 4.78 is 30.4. The van der Waals surface area contributed by atoms with Crippen LogP contribution in [0.4, 0.5) is 14.6 Å². The number of methoxy groups -OCH3 is 1. The number of halogens is 3. The molecule has 0 atom stereocenters. The van der Waals surface area contributed by atoms with Crippen molar-refractivity contribution in [1.29, 1.82) is 0 Å². The minimum Gasteiger partial charge on any atom is -0.469 e. The number of alkyl halides is 2. The molecule has 0 unspecified atom stereocenters. The zero-order chi connectivity index (χ0) is 12.3. The first-order valence-electron chi connectivity index (χ1n) is 4.25. The van der Waals surface area contributed by atoms with Crippen molar-refractivity contribution in [1.82, 2.24) is 4.98 Å². The number of nitrogens with zero attached hydrogens (tertiary/aromatic N) is 1. The quantitative estimate of drug-likeness (QED) is 0.673. The summed E-state index contributed by atoms with van der Waals surface area (Å²) in [6, 6.07) is 0. The summed E-state index contributed by atoms with van der Waals surface area (Å²) in [4.78, 5) is 14.7. The van der Waals surface area contributed by atoms with Gasteiger partial charge in [-0.25, -0.2) is 13.8 Å². The van der Waals surface area contributed by atoms with Gasteiger partial charge in [-0.2, -0.15) is 0 Å². The lowest BCUT2D eigenvalue weighted by Gasteiger charge is -2.11. The molecule has 88 valence electrons. The highest BCUT2D eigenvalue weighted by molar-refractivity contribution is 14.1. The van der Waals surface area contributed by atoms with E-state index >= 15 is 0 Å². The lowest BCUT2D eigenvalue weighted by molar-refractivity contribution is -0.139. The van der Waals surface area contributed by atoms with Crippen LogP contribution in [0.2, 0.25) is 0 Å². The molecule has 1 aromatic rings. The summed E-state index contributed by atoms with van der Waals surface area (Å²) in [7, 11) is 1.20. The number of nitrogen functional groups attached to an aromatic ring is 1. The molecule has 16 heavy (non-hydrogen) atoms. The highest BCUT2D eigenvalue weighted by Gasteiger charge is 2.22. The van der Waals surface area contributed by atoms with Crippen molar-refractivity contribution in [3.8, 4) is 0 Å². The molecule has 0 aliphatic heterocycles. The molecular formula is C9H9F2IN2O2. The first kappa shape index (κ1) is 13.1. The monoisotopic (exact) mass is 342 g/mol. The topological polar surface area (TPSA) is 65.2 Å². The average molecular weight is 342 g/mol. The zero-order valence-corrected chi connectivity index (χ0v) is 10.5. The second-order valence-electron chi connectivity index (χ2n) is 2.94. The van der Waals surface area contributed by atoms with Crippen LogP contribution >= 0.6 is 22.6 Å². The Morgan fingerprint density at radius 3 is 2.81 bits per heavy atom. The summed E-state index contributed by atoms with van der Waals surface area (Å²) in [5.41, 5.74) is 5.15. The van der Waals surface area contributed by atoms with Crippen molar-refractivity contribution < 1.29 is 18.3 Å². The van der Waals surface area contributed by atoms with E-state index in [0.29, 0.717) is 3.57 Å². The van der Waals surface area contributed by atoms with Gasteiger partial charge in [0.1, 0.15) is 5.82 Å². The molecule has 2 N–H and O–H groups in total. The van der Waals surface area contributed by atoms with Gasteiger partial charge in [0.25, 0.3) is 6.43 Å². The fraction of sp³-hybridized carbons (Fsp3) is 0.333. The fourth-order valence-corrected chi connectivity index (χ4v) is 1.82. The van der Waals surface area contributed by atoms with E-state index in [1.54, 1.807) is 0 Å². The molecule has 0 aliphatic rings. The maximum atomic E-state index is 12.7. The first-order valence-corrected chi connectivity index (χ1v) is 5.33. The summed E-state index contributed by atoms with van der Waals surface area (Å²) in [6.45, 7) is 0. The predicted octanol–water partition coefficient (Wildman–Crippen LogP) is 1.92. The zero-order valence-electron chi connectivity index (χ0n) is 8.34. The molecule has 0 aromatic carbocycles. The largest absolute Gasteiger partial charge is 0.469 e. The number of hydrogen-bond acceptors (Lipinski definition) is 4. The molecular weight excluding hydrogens is 333 g/mol. The molecule has 0 aliphatic carbocycles. The fourth-order valence-electron chi connectivity index (χ4n) is 1.20. The Hall–Kier alpha value is -0.990. The van der Waals surface area contributed by atoms with Gasteiger partial charge >= 0.3 is 5.97 Å². The Morgan fingerprint density at radius 2 is 2.31 bits per heavy atom. The van der Waals surface area contributed by atoms with Crippen molar-refractivity contribution >= 4 is 34.4 Å². The lowest BCUT2D eigenvalue weighted by Crippen LogP contribution is -2.12. The highest BCUT2D eigenvalue weighted by atomic mass is 127. The van der Waals surface area contributed by atoms with Crippen LogP contribution in [0.15, 0.2) is 6.20 Å². The predicted molar refractivity (Wildman–Crippen MR) is 62.0 cm³/mol. The Labute approximate surface area is 104 Å². The molecule has 0 bridgehead atoms. The van der Waals surface area contributed by atoms with Crippen LogP contribution in [-0.2, 0) is 16.0 Å². The number of esters is 1. The minimum absolute atomic E-state index is 0.176. The molecule has 4 nitrogen and oxygen atoms in total. The smallest absolute Gasteiger partial charge is 0.310 e. The van der Waals surface area contributed by atoms with E-state index in [9.17, 15) is 13.6 Å². The number of carbonyl (C=O) groups is 1. The molecule has 1 heterocycles. The number of hydrogen-bond donors (Lipinski definition) is 1. The standard InChI is InChI=1S/C9H9F2IN2O2/c1-16-6(15)2-4-5(12)3-14-9(13)7(4)8(10)11/h3,8H,2H2,1H3,(H2,13,14). The molecule has 1 aromatic heterocycles. The van der Waals surface area contributed by atoms with E-state index in [1.165, 1.54) is 13.3 Å². The van der Waals surface area contributed by atoms with Gasteiger partial charge in [0.05, 0.1) is 19.1 Å². The molecule has 7 heteroatoms. The number of pyridine rings is 1. The van der Waals surface area contributed by atoms with Gasteiger partial charge in [-0.15, -0.1) is 0 Å². The van der Waals surface area contributed by atoms with Crippen molar-refractivity contribution in [2.75, 3.05) is 12.8 Å². The third-order valence-corrected chi connectivity index (χ3v) is 2.90. The second kappa shape index (κ2) is 5.37. The van der Waals surface area contributed by atoms with Crippen molar-refractivity contribution in [2.45, 2.75) is 12.8 Å². The van der Waals surface area contributed by atoms with Gasteiger partial charge in [0, 0.05) is 9.77 Å². The van der Waals surface area contributed by atoms with E-state index in [0.717, 1.165) is 0 Å². The molecule has 0 radical (unpaired) electrons. The van der Waals surface area contributed by atoms with E-state index in [-0.39, 0.29) is 17.8 Å². The molecule has 0 saturated heterocycles. The maximum absolute atomic E-state index is 12.7. The van der Waals surface area contributed by atoms with Gasteiger partial charge in [0.15, 0.2) is 0 Å². The van der Waals surface area contributed by atoms with Crippen LogP contribution in [0, 0.1) is 3.57 Å². The number of ether oxygens (including phenoxy) is 1. The molecule has 0 saturated carbocycles. The number of aromatic nitrogens is 1. The molecule has 1 rings (SSSR count). The summed E-state index contributed by atoms with van der Waals surface area (Å²) >= 11 is 1.83. The summed E-state index contributed by atoms with van der Waals surface area (Å²) in [5.74, 6) is -0.847. The summed E-state index contributed by atoms with van der Waals surface area (Å²) in [5, 5.41) is 0. The SMILES string of the molecule is COC(=O)Cc1c(I)cnc(N)c1C(F)F. The van der Waals surface area contributed by atoms with E-state index in [4.69, 9.17) is 5.73 Å². The Balaban J connectivity index is 3.23. The van der Waals surface area contributed by atoms with Crippen LogP contribution < -0.4 is 5.73 Å². The van der Waals surface area contributed by atoms with Gasteiger partial charge in [-0.3, -0.25) is 4.79 Å². The maximum Gasteiger partial charge on any atom is 0.310 e. The van der Waals surface area contributed by atoms with Gasteiger partial charge in [-0.05, 0) is 28.2 Å². The van der Waals surface area contributed by atoms with Crippen molar-refractivity contribution in [3.63, 3.8) is 0 Å². The van der Waals surface area contributed by atoms with Gasteiger partial charge in [-0.1, -0.05) is 0 Å². The van der Waals surface area contributed by atoms with E-state index < -0.39 is 18.0 Å². The number of anilines is 1. The van der Waals surface area contributed by atoms with Crippen LogP contribution in [0.3, 0.4) is 0 Å². The van der Waals surface area contributed by atoms with Crippen molar-refractivity contribution in [3.05, 3.63) is 20.9 Å². The molecule has 0 spiro atoms. The number of nitrogens with two attached hydrogens (primary N) is 1. The average Bonchev–Trinajstić information content (AvgIpc) is 2.22. The van der Waals surface area contributed by atoms with Gasteiger partial charge in [0.2, 0.25) is 0 Å². The first-order chi connectivity index (χ1) is 7.47. The Kier molecular flexibility index (Phi) is 4.39.